The van der Waals surface area contributed by atoms with Crippen molar-refractivity contribution in [2.45, 2.75) is 32.3 Å². The van der Waals surface area contributed by atoms with E-state index in [1.54, 1.807) is 6.20 Å². The average molecular weight is 432 g/mol. The van der Waals surface area contributed by atoms with E-state index < -0.39 is 0 Å². The molecule has 2 aromatic rings. The maximum absolute atomic E-state index is 6.28. The summed E-state index contributed by atoms with van der Waals surface area (Å²) in [5.41, 5.74) is 17.6. The number of hydrazine groups is 1. The van der Waals surface area contributed by atoms with Gasteiger partial charge in [-0.2, -0.15) is 0 Å². The molecule has 1 aliphatic rings. The Morgan fingerprint density at radius 3 is 2.69 bits per heavy atom. The van der Waals surface area contributed by atoms with Crippen molar-refractivity contribution in [3.05, 3.63) is 83.2 Å². The predicted molar refractivity (Wildman–Crippen MR) is 131 cm³/mol. The Bertz CT molecular complexity index is 998. The van der Waals surface area contributed by atoms with E-state index in [1.807, 2.05) is 61.7 Å². The predicted octanol–water partition coefficient (Wildman–Crippen LogP) is 2.90. The van der Waals surface area contributed by atoms with Gasteiger partial charge in [0.2, 0.25) is 0 Å². The van der Waals surface area contributed by atoms with Crippen LogP contribution in [0.25, 0.3) is 11.4 Å². The Morgan fingerprint density at radius 2 is 1.97 bits per heavy atom. The van der Waals surface area contributed by atoms with Gasteiger partial charge in [0.15, 0.2) is 0 Å². The van der Waals surface area contributed by atoms with Crippen molar-refractivity contribution in [3.8, 4) is 11.8 Å². The number of nitrogens with zero attached hydrogens (tertiary/aromatic N) is 1. The summed E-state index contributed by atoms with van der Waals surface area (Å²) in [7, 11) is 0. The van der Waals surface area contributed by atoms with Crippen molar-refractivity contribution in [1.82, 2.24) is 10.3 Å². The number of benzene rings is 2. The number of rotatable bonds is 7. The van der Waals surface area contributed by atoms with Crippen molar-refractivity contribution in [2.75, 3.05) is 19.7 Å². The van der Waals surface area contributed by atoms with Crippen LogP contribution in [-0.4, -0.2) is 30.8 Å². The largest absolute Gasteiger partial charge is 0.397 e. The Labute approximate surface area is 191 Å². The second-order valence-corrected chi connectivity index (χ2v) is 7.95. The highest BCUT2D eigenvalue weighted by molar-refractivity contribution is 5.66. The van der Waals surface area contributed by atoms with E-state index in [0.717, 1.165) is 48.2 Å². The van der Waals surface area contributed by atoms with E-state index in [-0.39, 0.29) is 6.10 Å². The molecule has 6 heteroatoms. The van der Waals surface area contributed by atoms with Crippen LogP contribution in [0.2, 0.25) is 0 Å². The van der Waals surface area contributed by atoms with Gasteiger partial charge in [-0.1, -0.05) is 48.2 Å². The molecule has 0 amide bonds. The first kappa shape index (κ1) is 23.3. The van der Waals surface area contributed by atoms with E-state index in [0.29, 0.717) is 17.9 Å². The van der Waals surface area contributed by atoms with Gasteiger partial charge in [0, 0.05) is 36.7 Å². The lowest BCUT2D eigenvalue weighted by Crippen LogP contribution is -2.29. The summed E-state index contributed by atoms with van der Waals surface area (Å²) in [4.78, 5) is 0. The van der Waals surface area contributed by atoms with Crippen LogP contribution in [-0.2, 0) is 4.74 Å². The van der Waals surface area contributed by atoms with Crippen molar-refractivity contribution in [1.29, 1.82) is 0 Å². The summed E-state index contributed by atoms with van der Waals surface area (Å²) in [5.74, 6) is 12.2. The maximum Gasteiger partial charge on any atom is 0.0948 e. The van der Waals surface area contributed by atoms with E-state index in [9.17, 15) is 0 Å². The molecule has 6 nitrogen and oxygen atoms in total. The molecule has 0 radical (unpaired) electrons. The molecular formula is C26H33N5O. The molecule has 168 valence electrons. The minimum absolute atomic E-state index is 0.270. The summed E-state index contributed by atoms with van der Waals surface area (Å²) in [6.07, 6.45) is 7.31. The highest BCUT2D eigenvalue weighted by Crippen LogP contribution is 2.16. The fourth-order valence-corrected chi connectivity index (χ4v) is 3.57. The number of hydrogen-bond donors (Lipinski definition) is 4. The van der Waals surface area contributed by atoms with Gasteiger partial charge < -0.3 is 26.5 Å². The second kappa shape index (κ2) is 11.8. The smallest absolute Gasteiger partial charge is 0.0948 e. The Morgan fingerprint density at radius 1 is 1.16 bits per heavy atom. The molecule has 0 aromatic heterocycles. The van der Waals surface area contributed by atoms with Gasteiger partial charge >= 0.3 is 0 Å². The molecule has 1 unspecified atom stereocenters. The molecule has 7 N–H and O–H groups in total. The van der Waals surface area contributed by atoms with Crippen LogP contribution in [0.5, 0.6) is 0 Å². The number of hydrogen-bond acceptors (Lipinski definition) is 6. The zero-order valence-electron chi connectivity index (χ0n) is 18.7. The first-order valence-corrected chi connectivity index (χ1v) is 11.0. The molecule has 0 saturated carbocycles. The highest BCUT2D eigenvalue weighted by Gasteiger charge is 2.12. The van der Waals surface area contributed by atoms with Crippen LogP contribution in [0.4, 0.5) is 0 Å². The summed E-state index contributed by atoms with van der Waals surface area (Å²) in [6.45, 7) is 4.03. The Kier molecular flexibility index (Phi) is 8.61. The summed E-state index contributed by atoms with van der Waals surface area (Å²) in [5, 5.41) is 4.78. The van der Waals surface area contributed by atoms with Gasteiger partial charge in [-0.05, 0) is 49.4 Å². The SMILES string of the molecule is Cc1cc(C#CCN(N)/C=C(\N)c2ccccc2)ccc1/C(N)=C/NCC1CCCCO1. The molecule has 32 heavy (non-hydrogen) atoms. The molecule has 0 spiro atoms. The van der Waals surface area contributed by atoms with Crippen LogP contribution in [0.1, 0.15) is 41.5 Å². The molecule has 1 fully saturated rings. The molecule has 0 aliphatic carbocycles. The maximum atomic E-state index is 6.28. The van der Waals surface area contributed by atoms with Gasteiger partial charge in [0.25, 0.3) is 0 Å². The monoisotopic (exact) mass is 431 g/mol. The third-order valence-corrected chi connectivity index (χ3v) is 5.32. The average Bonchev–Trinajstić information content (AvgIpc) is 2.80. The molecule has 1 heterocycles. The van der Waals surface area contributed by atoms with E-state index in [4.69, 9.17) is 22.0 Å². The highest BCUT2D eigenvalue weighted by atomic mass is 16.5. The zero-order valence-corrected chi connectivity index (χ0v) is 18.7. The third-order valence-electron chi connectivity index (χ3n) is 5.32. The van der Waals surface area contributed by atoms with Crippen LogP contribution in [0.3, 0.4) is 0 Å². The summed E-state index contributed by atoms with van der Waals surface area (Å²) < 4.78 is 5.73. The minimum atomic E-state index is 0.270. The molecule has 0 bridgehead atoms. The number of nitrogens with one attached hydrogen (secondary N) is 1. The van der Waals surface area contributed by atoms with Gasteiger partial charge in [-0.15, -0.1) is 0 Å². The standard InChI is InChI=1S/C26H33N5O/c1-20-16-21(8-7-14-31(29)19-26(28)22-9-3-2-4-10-22)12-13-24(20)25(27)18-30-17-23-11-5-6-15-32-23/h2-4,9-10,12-13,16,18-19,23,30H,5-6,11,14-15,17,27-29H2,1H3/b25-18-,26-19-. The molecule has 3 rings (SSSR count). The van der Waals surface area contributed by atoms with Crippen LogP contribution < -0.4 is 22.6 Å². The van der Waals surface area contributed by atoms with Crippen LogP contribution >= 0.6 is 0 Å². The Balaban J connectivity index is 1.54. The lowest BCUT2D eigenvalue weighted by Gasteiger charge is -2.22. The van der Waals surface area contributed by atoms with Crippen LogP contribution in [0.15, 0.2) is 60.9 Å². The lowest BCUT2D eigenvalue weighted by molar-refractivity contribution is 0.0188. The van der Waals surface area contributed by atoms with Gasteiger partial charge in [0.05, 0.1) is 24.0 Å². The second-order valence-electron chi connectivity index (χ2n) is 7.95. The number of nitrogens with two attached hydrogens (primary N) is 3. The normalized spacial score (nSPS) is 16.8. The third kappa shape index (κ3) is 7.09. The van der Waals surface area contributed by atoms with E-state index in [2.05, 4.69) is 17.2 Å². The molecule has 1 saturated heterocycles. The van der Waals surface area contributed by atoms with Crippen molar-refractivity contribution >= 4 is 11.4 Å². The van der Waals surface area contributed by atoms with Crippen molar-refractivity contribution in [3.63, 3.8) is 0 Å². The first-order chi connectivity index (χ1) is 15.5. The van der Waals surface area contributed by atoms with Gasteiger partial charge in [-0.25, -0.2) is 5.84 Å². The molecular weight excluding hydrogens is 398 g/mol. The fourth-order valence-electron chi connectivity index (χ4n) is 3.57. The van der Waals surface area contributed by atoms with Crippen LogP contribution in [0, 0.1) is 18.8 Å². The molecule has 2 aromatic carbocycles. The van der Waals surface area contributed by atoms with Crippen molar-refractivity contribution in [2.24, 2.45) is 17.3 Å². The molecule has 1 aliphatic heterocycles. The number of ether oxygens (including phenoxy) is 1. The van der Waals surface area contributed by atoms with E-state index in [1.165, 1.54) is 11.4 Å². The van der Waals surface area contributed by atoms with Gasteiger partial charge in [-0.3, -0.25) is 0 Å². The lowest BCUT2D eigenvalue weighted by atomic mass is 10.0. The van der Waals surface area contributed by atoms with Gasteiger partial charge in [0.1, 0.15) is 0 Å². The fraction of sp³-hybridized carbons (Fsp3) is 0.308. The topological polar surface area (TPSA) is 103 Å². The number of aryl methyl sites for hydroxylation is 1. The van der Waals surface area contributed by atoms with E-state index >= 15 is 0 Å². The minimum Gasteiger partial charge on any atom is -0.397 e. The van der Waals surface area contributed by atoms with Crippen molar-refractivity contribution < 1.29 is 4.74 Å². The molecule has 1 atom stereocenters. The summed E-state index contributed by atoms with van der Waals surface area (Å²) >= 11 is 0. The zero-order chi connectivity index (χ0) is 22.8. The summed E-state index contributed by atoms with van der Waals surface area (Å²) in [6, 6.07) is 15.7. The Hall–Kier alpha value is -3.40. The quantitative estimate of drug-likeness (QED) is 0.305. The first-order valence-electron chi connectivity index (χ1n) is 11.0.